The van der Waals surface area contributed by atoms with Crippen LogP contribution in [0, 0.1) is 0 Å². The molecule has 0 aliphatic heterocycles. The molecule has 0 radical (unpaired) electrons. The predicted octanol–water partition coefficient (Wildman–Crippen LogP) is 0.405. The van der Waals surface area contributed by atoms with Crippen molar-refractivity contribution in [3.05, 3.63) is 16.6 Å². The summed E-state index contributed by atoms with van der Waals surface area (Å²) in [5.41, 5.74) is 5.41. The van der Waals surface area contributed by atoms with Crippen LogP contribution in [0.5, 0.6) is 0 Å². The lowest BCUT2D eigenvalue weighted by molar-refractivity contribution is 0.589. The summed E-state index contributed by atoms with van der Waals surface area (Å²) in [6.45, 7) is 1.68. The second-order valence-corrected chi connectivity index (χ2v) is 6.05. The summed E-state index contributed by atoms with van der Waals surface area (Å²) in [4.78, 5) is 3.91. The quantitative estimate of drug-likeness (QED) is 0.797. The Morgan fingerprint density at radius 1 is 1.69 bits per heavy atom. The van der Waals surface area contributed by atoms with Gasteiger partial charge < -0.3 is 5.73 Å². The molecule has 1 aromatic heterocycles. The van der Waals surface area contributed by atoms with E-state index in [2.05, 4.69) is 4.98 Å². The zero-order valence-corrected chi connectivity index (χ0v) is 8.94. The predicted molar refractivity (Wildman–Crippen MR) is 53.3 cm³/mol. The minimum atomic E-state index is -3.08. The van der Waals surface area contributed by atoms with Gasteiger partial charge >= 0.3 is 0 Å². The van der Waals surface area contributed by atoms with Crippen molar-refractivity contribution < 1.29 is 8.42 Å². The van der Waals surface area contributed by atoms with Gasteiger partial charge in [0.25, 0.3) is 0 Å². The number of aromatic nitrogens is 1. The molecule has 0 amide bonds. The number of sulfone groups is 1. The molecule has 0 aromatic carbocycles. The summed E-state index contributed by atoms with van der Waals surface area (Å²) in [5, 5.41) is 2.39. The van der Waals surface area contributed by atoms with Crippen LogP contribution in [-0.2, 0) is 15.6 Å². The van der Waals surface area contributed by atoms with E-state index in [1.807, 2.05) is 0 Å². The standard InChI is InChI=1S/C7H12N2O2S2/c1-6(8)4-13(10,11)5-7-9-2-3-12-7/h2-3,6H,4-5,8H2,1H3. The summed E-state index contributed by atoms with van der Waals surface area (Å²) in [7, 11) is -3.08. The third kappa shape index (κ3) is 3.84. The Balaban J connectivity index is 2.63. The van der Waals surface area contributed by atoms with E-state index in [1.54, 1.807) is 18.5 Å². The number of hydrogen-bond donors (Lipinski definition) is 1. The molecule has 74 valence electrons. The van der Waals surface area contributed by atoms with Crippen molar-refractivity contribution in [2.45, 2.75) is 18.7 Å². The van der Waals surface area contributed by atoms with Crippen LogP contribution < -0.4 is 5.73 Å². The molecule has 1 atom stereocenters. The van der Waals surface area contributed by atoms with Crippen LogP contribution in [0.3, 0.4) is 0 Å². The second kappa shape index (κ2) is 4.17. The fraction of sp³-hybridized carbons (Fsp3) is 0.571. The molecule has 0 fully saturated rings. The van der Waals surface area contributed by atoms with E-state index in [4.69, 9.17) is 5.73 Å². The highest BCUT2D eigenvalue weighted by molar-refractivity contribution is 7.90. The monoisotopic (exact) mass is 220 g/mol. The van der Waals surface area contributed by atoms with Gasteiger partial charge in [0.15, 0.2) is 9.84 Å². The normalized spacial score (nSPS) is 14.3. The molecule has 1 unspecified atom stereocenters. The first-order chi connectivity index (χ1) is 5.99. The molecule has 0 aliphatic rings. The topological polar surface area (TPSA) is 73.1 Å². The lowest BCUT2D eigenvalue weighted by Gasteiger charge is -2.04. The highest BCUT2D eigenvalue weighted by Gasteiger charge is 2.15. The van der Waals surface area contributed by atoms with Gasteiger partial charge in [-0.3, -0.25) is 0 Å². The van der Waals surface area contributed by atoms with E-state index in [0.29, 0.717) is 5.01 Å². The van der Waals surface area contributed by atoms with Crippen molar-refractivity contribution >= 4 is 21.2 Å². The van der Waals surface area contributed by atoms with Crippen molar-refractivity contribution in [3.63, 3.8) is 0 Å². The third-order valence-corrected chi connectivity index (χ3v) is 4.05. The first-order valence-electron chi connectivity index (χ1n) is 3.84. The van der Waals surface area contributed by atoms with Gasteiger partial charge in [-0.1, -0.05) is 0 Å². The Bertz CT molecular complexity index is 343. The fourth-order valence-corrected chi connectivity index (χ4v) is 3.55. The molecule has 2 N–H and O–H groups in total. The van der Waals surface area contributed by atoms with Gasteiger partial charge in [0.2, 0.25) is 0 Å². The van der Waals surface area contributed by atoms with Crippen LogP contribution >= 0.6 is 11.3 Å². The lowest BCUT2D eigenvalue weighted by Crippen LogP contribution is -2.26. The molecule has 1 heterocycles. The largest absolute Gasteiger partial charge is 0.327 e. The molecule has 0 saturated carbocycles. The Morgan fingerprint density at radius 2 is 2.38 bits per heavy atom. The molecule has 0 aliphatic carbocycles. The Morgan fingerprint density at radius 3 is 2.85 bits per heavy atom. The Hall–Kier alpha value is -0.460. The lowest BCUT2D eigenvalue weighted by atomic mass is 10.4. The second-order valence-electron chi connectivity index (χ2n) is 2.96. The van der Waals surface area contributed by atoms with Crippen LogP contribution in [0.2, 0.25) is 0 Å². The molecular weight excluding hydrogens is 208 g/mol. The van der Waals surface area contributed by atoms with Gasteiger partial charge in [-0.2, -0.15) is 0 Å². The number of nitrogens with zero attached hydrogens (tertiary/aromatic N) is 1. The smallest absolute Gasteiger partial charge is 0.158 e. The highest BCUT2D eigenvalue weighted by Crippen LogP contribution is 2.09. The SMILES string of the molecule is CC(N)CS(=O)(=O)Cc1nccs1. The van der Waals surface area contributed by atoms with Crippen LogP contribution in [0.15, 0.2) is 11.6 Å². The third-order valence-electron chi connectivity index (χ3n) is 1.34. The maximum absolute atomic E-state index is 11.4. The minimum Gasteiger partial charge on any atom is -0.327 e. The average molecular weight is 220 g/mol. The minimum absolute atomic E-state index is 0.00616. The molecule has 1 rings (SSSR count). The van der Waals surface area contributed by atoms with Gasteiger partial charge in [0, 0.05) is 17.6 Å². The molecule has 0 spiro atoms. The van der Waals surface area contributed by atoms with E-state index in [-0.39, 0.29) is 17.5 Å². The maximum atomic E-state index is 11.4. The highest BCUT2D eigenvalue weighted by atomic mass is 32.2. The van der Waals surface area contributed by atoms with Gasteiger partial charge in [0.1, 0.15) is 10.8 Å². The van der Waals surface area contributed by atoms with Crippen LogP contribution in [0.1, 0.15) is 11.9 Å². The van der Waals surface area contributed by atoms with E-state index in [1.165, 1.54) is 11.3 Å². The number of rotatable bonds is 4. The molecular formula is C7H12N2O2S2. The van der Waals surface area contributed by atoms with Gasteiger partial charge in [-0.15, -0.1) is 11.3 Å². The summed E-state index contributed by atoms with van der Waals surface area (Å²) in [6.07, 6.45) is 1.60. The summed E-state index contributed by atoms with van der Waals surface area (Å²) in [6, 6.07) is -0.315. The number of hydrogen-bond acceptors (Lipinski definition) is 5. The molecule has 0 saturated heterocycles. The molecule has 0 bridgehead atoms. The van der Waals surface area contributed by atoms with Gasteiger partial charge in [-0.25, -0.2) is 13.4 Å². The zero-order valence-electron chi connectivity index (χ0n) is 7.30. The van der Waals surface area contributed by atoms with Crippen molar-refractivity contribution in [2.24, 2.45) is 5.73 Å². The number of thiazole rings is 1. The maximum Gasteiger partial charge on any atom is 0.158 e. The molecule has 1 aromatic rings. The van der Waals surface area contributed by atoms with E-state index in [0.717, 1.165) is 0 Å². The van der Waals surface area contributed by atoms with Crippen LogP contribution in [-0.4, -0.2) is 25.2 Å². The van der Waals surface area contributed by atoms with Crippen LogP contribution in [0.4, 0.5) is 0 Å². The number of nitrogens with two attached hydrogens (primary N) is 1. The van der Waals surface area contributed by atoms with E-state index < -0.39 is 9.84 Å². The zero-order chi connectivity index (χ0) is 9.90. The van der Waals surface area contributed by atoms with Gasteiger partial charge in [0.05, 0.1) is 5.75 Å². The van der Waals surface area contributed by atoms with E-state index in [9.17, 15) is 8.42 Å². The summed E-state index contributed by atoms with van der Waals surface area (Å²) < 4.78 is 22.8. The average Bonchev–Trinajstić information content (AvgIpc) is 2.34. The van der Waals surface area contributed by atoms with Crippen molar-refractivity contribution in [3.8, 4) is 0 Å². The summed E-state index contributed by atoms with van der Waals surface area (Å²) in [5.74, 6) is 0.0266. The van der Waals surface area contributed by atoms with Crippen molar-refractivity contribution in [2.75, 3.05) is 5.75 Å². The first-order valence-corrected chi connectivity index (χ1v) is 6.54. The van der Waals surface area contributed by atoms with Crippen molar-refractivity contribution in [1.82, 2.24) is 4.98 Å². The fourth-order valence-electron chi connectivity index (χ4n) is 0.972. The summed E-state index contributed by atoms with van der Waals surface area (Å²) >= 11 is 1.35. The molecule has 13 heavy (non-hydrogen) atoms. The Kier molecular flexibility index (Phi) is 3.40. The van der Waals surface area contributed by atoms with Gasteiger partial charge in [-0.05, 0) is 6.92 Å². The van der Waals surface area contributed by atoms with E-state index >= 15 is 0 Å². The van der Waals surface area contributed by atoms with Crippen LogP contribution in [0.25, 0.3) is 0 Å². The molecule has 6 heteroatoms. The first kappa shape index (κ1) is 10.6. The Labute approximate surface area is 81.7 Å². The van der Waals surface area contributed by atoms with Crippen molar-refractivity contribution in [1.29, 1.82) is 0 Å². The molecule has 4 nitrogen and oxygen atoms in total.